The minimum Gasteiger partial charge on any atom is -0.497 e. The van der Waals surface area contributed by atoms with Gasteiger partial charge in [-0.2, -0.15) is 0 Å². The van der Waals surface area contributed by atoms with E-state index >= 15 is 0 Å². The summed E-state index contributed by atoms with van der Waals surface area (Å²) in [4.78, 5) is 28.4. The second kappa shape index (κ2) is 4.62. The molecule has 21 heavy (non-hydrogen) atoms. The average molecular weight is 286 g/mol. The van der Waals surface area contributed by atoms with Gasteiger partial charge in [0.2, 0.25) is 0 Å². The average Bonchev–Trinajstić information content (AvgIpc) is 2.96. The molecule has 0 atom stereocenters. The number of ether oxygens (including phenoxy) is 1. The minimum atomic E-state index is -0.396. The number of nitrogens with zero attached hydrogens (tertiary/aromatic N) is 4. The van der Waals surface area contributed by atoms with Crippen molar-refractivity contribution in [3.05, 3.63) is 51.4 Å². The van der Waals surface area contributed by atoms with Crippen molar-refractivity contribution in [2.45, 2.75) is 0 Å². The Morgan fingerprint density at radius 2 is 1.71 bits per heavy atom. The van der Waals surface area contributed by atoms with Crippen molar-refractivity contribution in [2.24, 2.45) is 14.1 Å². The van der Waals surface area contributed by atoms with E-state index in [1.807, 2.05) is 12.1 Å². The van der Waals surface area contributed by atoms with Crippen LogP contribution in [0.2, 0.25) is 0 Å². The van der Waals surface area contributed by atoms with Gasteiger partial charge >= 0.3 is 5.69 Å². The number of rotatable bonds is 2. The van der Waals surface area contributed by atoms with Crippen molar-refractivity contribution >= 4 is 11.2 Å². The van der Waals surface area contributed by atoms with E-state index in [4.69, 9.17) is 4.74 Å². The standard InChI is InChI=1S/C14H14N4O3/c1-16-12-11(13(19)17(2)14(16)20)18(8-15-12)9-4-6-10(21-3)7-5-9/h4-8H,1-3H3. The molecule has 2 aromatic heterocycles. The van der Waals surface area contributed by atoms with Crippen molar-refractivity contribution in [3.63, 3.8) is 0 Å². The molecule has 0 spiro atoms. The van der Waals surface area contributed by atoms with Gasteiger partial charge in [-0.25, -0.2) is 9.78 Å². The Bertz CT molecular complexity index is 932. The van der Waals surface area contributed by atoms with Crippen LogP contribution in [0.4, 0.5) is 0 Å². The van der Waals surface area contributed by atoms with Crippen LogP contribution in [-0.4, -0.2) is 25.8 Å². The smallest absolute Gasteiger partial charge is 0.332 e. The first-order chi connectivity index (χ1) is 10.0. The van der Waals surface area contributed by atoms with Crippen LogP contribution >= 0.6 is 0 Å². The second-order valence-electron chi connectivity index (χ2n) is 4.69. The van der Waals surface area contributed by atoms with Crippen molar-refractivity contribution in [3.8, 4) is 11.4 Å². The zero-order valence-corrected chi connectivity index (χ0v) is 11.9. The van der Waals surface area contributed by atoms with Gasteiger partial charge in [0.25, 0.3) is 5.56 Å². The van der Waals surface area contributed by atoms with Crippen LogP contribution in [0, 0.1) is 0 Å². The number of benzene rings is 1. The highest BCUT2D eigenvalue weighted by Crippen LogP contribution is 2.17. The third-order valence-electron chi connectivity index (χ3n) is 3.50. The monoisotopic (exact) mass is 286 g/mol. The van der Waals surface area contributed by atoms with Crippen LogP contribution in [0.5, 0.6) is 5.75 Å². The predicted molar refractivity (Wildman–Crippen MR) is 78.1 cm³/mol. The number of hydrogen-bond acceptors (Lipinski definition) is 4. The van der Waals surface area contributed by atoms with Crippen LogP contribution in [0.1, 0.15) is 0 Å². The maximum atomic E-state index is 12.3. The van der Waals surface area contributed by atoms with E-state index in [9.17, 15) is 9.59 Å². The molecule has 0 unspecified atom stereocenters. The SMILES string of the molecule is COc1ccc(-n2cnc3c2c(=O)n(C)c(=O)n3C)cc1. The number of methoxy groups -OCH3 is 1. The highest BCUT2D eigenvalue weighted by atomic mass is 16.5. The Hall–Kier alpha value is -2.83. The van der Waals surface area contributed by atoms with Gasteiger partial charge in [0.1, 0.15) is 12.1 Å². The zero-order valence-electron chi connectivity index (χ0n) is 11.9. The van der Waals surface area contributed by atoms with E-state index < -0.39 is 5.69 Å². The molecule has 7 heteroatoms. The predicted octanol–water partition coefficient (Wildman–Crippen LogP) is 0.431. The lowest BCUT2D eigenvalue weighted by atomic mass is 10.3. The quantitative estimate of drug-likeness (QED) is 0.685. The first-order valence-electron chi connectivity index (χ1n) is 6.32. The van der Waals surface area contributed by atoms with Gasteiger partial charge in [0.05, 0.1) is 7.11 Å². The number of hydrogen-bond donors (Lipinski definition) is 0. The molecular weight excluding hydrogens is 272 g/mol. The Balaban J connectivity index is 2.34. The molecule has 3 aromatic rings. The van der Waals surface area contributed by atoms with Crippen LogP contribution in [-0.2, 0) is 14.1 Å². The fourth-order valence-electron chi connectivity index (χ4n) is 2.28. The lowest BCUT2D eigenvalue weighted by Crippen LogP contribution is -2.37. The summed E-state index contributed by atoms with van der Waals surface area (Å²) < 4.78 is 9.21. The zero-order chi connectivity index (χ0) is 15.1. The van der Waals surface area contributed by atoms with E-state index in [1.165, 1.54) is 17.9 Å². The molecule has 0 aliphatic carbocycles. The largest absolute Gasteiger partial charge is 0.497 e. The van der Waals surface area contributed by atoms with Crippen molar-refractivity contribution < 1.29 is 4.74 Å². The molecule has 108 valence electrons. The molecule has 2 heterocycles. The maximum Gasteiger partial charge on any atom is 0.332 e. The highest BCUT2D eigenvalue weighted by molar-refractivity contribution is 5.72. The topological polar surface area (TPSA) is 71.1 Å². The summed E-state index contributed by atoms with van der Waals surface area (Å²) in [6.45, 7) is 0. The van der Waals surface area contributed by atoms with Crippen molar-refractivity contribution in [1.82, 2.24) is 18.7 Å². The van der Waals surface area contributed by atoms with E-state index in [-0.39, 0.29) is 5.56 Å². The van der Waals surface area contributed by atoms with Crippen LogP contribution < -0.4 is 16.0 Å². The third kappa shape index (κ3) is 1.85. The molecule has 1 aromatic carbocycles. The van der Waals surface area contributed by atoms with Crippen LogP contribution in [0.3, 0.4) is 0 Å². The number of aryl methyl sites for hydroxylation is 1. The molecule has 3 rings (SSSR count). The summed E-state index contributed by atoms with van der Waals surface area (Å²) in [7, 11) is 4.64. The normalized spacial score (nSPS) is 11.0. The molecule has 0 radical (unpaired) electrons. The van der Waals surface area contributed by atoms with E-state index in [2.05, 4.69) is 4.98 Å². The molecular formula is C14H14N4O3. The molecule has 0 bridgehead atoms. The highest BCUT2D eigenvalue weighted by Gasteiger charge is 2.15. The molecule has 7 nitrogen and oxygen atoms in total. The van der Waals surface area contributed by atoms with E-state index in [0.717, 1.165) is 16.0 Å². The van der Waals surface area contributed by atoms with Gasteiger partial charge in [0.15, 0.2) is 11.2 Å². The lowest BCUT2D eigenvalue weighted by Gasteiger charge is -2.07. The van der Waals surface area contributed by atoms with Crippen LogP contribution in [0.25, 0.3) is 16.9 Å². The molecule has 0 aliphatic rings. The maximum absolute atomic E-state index is 12.3. The van der Waals surface area contributed by atoms with E-state index in [1.54, 1.807) is 30.9 Å². The number of aromatic nitrogens is 4. The van der Waals surface area contributed by atoms with E-state index in [0.29, 0.717) is 11.2 Å². The second-order valence-corrected chi connectivity index (χ2v) is 4.69. The first kappa shape index (κ1) is 13.2. The molecule has 0 N–H and O–H groups in total. The Kier molecular flexibility index (Phi) is 2.90. The fraction of sp³-hybridized carbons (Fsp3) is 0.214. The van der Waals surface area contributed by atoms with Gasteiger partial charge in [-0.05, 0) is 24.3 Å². The van der Waals surface area contributed by atoms with Gasteiger partial charge in [0, 0.05) is 19.8 Å². The fourth-order valence-corrected chi connectivity index (χ4v) is 2.28. The molecule has 0 saturated heterocycles. The summed E-state index contributed by atoms with van der Waals surface area (Å²) >= 11 is 0. The molecule has 0 amide bonds. The third-order valence-corrected chi connectivity index (χ3v) is 3.50. The summed E-state index contributed by atoms with van der Waals surface area (Å²) in [6, 6.07) is 7.25. The summed E-state index contributed by atoms with van der Waals surface area (Å²) in [5.41, 5.74) is 0.728. The Morgan fingerprint density at radius 1 is 1.05 bits per heavy atom. The molecule has 0 aliphatic heterocycles. The van der Waals surface area contributed by atoms with Gasteiger partial charge < -0.3 is 4.74 Å². The number of fused-ring (bicyclic) bond motifs is 1. The molecule has 0 fully saturated rings. The lowest BCUT2D eigenvalue weighted by molar-refractivity contribution is 0.415. The van der Waals surface area contributed by atoms with Gasteiger partial charge in [-0.3, -0.25) is 18.5 Å². The summed E-state index contributed by atoms with van der Waals surface area (Å²) in [5.74, 6) is 0.725. The molecule has 0 saturated carbocycles. The summed E-state index contributed by atoms with van der Waals surface area (Å²) in [5, 5.41) is 0. The Morgan fingerprint density at radius 3 is 2.33 bits per heavy atom. The van der Waals surface area contributed by atoms with Crippen molar-refractivity contribution in [1.29, 1.82) is 0 Å². The summed E-state index contributed by atoms with van der Waals surface area (Å²) in [6.07, 6.45) is 1.54. The van der Waals surface area contributed by atoms with Gasteiger partial charge in [-0.1, -0.05) is 0 Å². The van der Waals surface area contributed by atoms with Crippen molar-refractivity contribution in [2.75, 3.05) is 7.11 Å². The van der Waals surface area contributed by atoms with Crippen LogP contribution in [0.15, 0.2) is 40.2 Å². The Labute approximate surface area is 119 Å². The minimum absolute atomic E-state index is 0.360. The van der Waals surface area contributed by atoms with Gasteiger partial charge in [-0.15, -0.1) is 0 Å². The number of imidazole rings is 1. The first-order valence-corrected chi connectivity index (χ1v) is 6.32.